The van der Waals surface area contributed by atoms with Crippen LogP contribution >= 0.6 is 0 Å². The molecule has 0 heterocycles. The van der Waals surface area contributed by atoms with Gasteiger partial charge < -0.3 is 14.5 Å². The Balaban J connectivity index is 3.10. The maximum atomic E-state index is 11.3. The Kier molecular flexibility index (Phi) is 7.15. The summed E-state index contributed by atoms with van der Waals surface area (Å²) in [6.07, 6.45) is 4.46. The van der Waals surface area contributed by atoms with Crippen molar-refractivity contribution in [2.75, 3.05) is 27.8 Å². The van der Waals surface area contributed by atoms with E-state index in [1.165, 1.54) is 19.4 Å². The lowest BCUT2D eigenvalue weighted by Crippen LogP contribution is -2.05. The number of hydrogen-bond donors (Lipinski definition) is 0. The molecular formula is C15H23N3O4. The molecule has 0 radical (unpaired) electrons. The van der Waals surface area contributed by atoms with E-state index < -0.39 is 4.92 Å². The van der Waals surface area contributed by atoms with Gasteiger partial charge in [0.1, 0.15) is 0 Å². The third-order valence-electron chi connectivity index (χ3n) is 2.91. The van der Waals surface area contributed by atoms with Crippen molar-refractivity contribution in [2.24, 2.45) is 5.10 Å². The zero-order valence-corrected chi connectivity index (χ0v) is 13.5. The number of nitro groups is 1. The highest BCUT2D eigenvalue weighted by atomic mass is 16.6. The van der Waals surface area contributed by atoms with Crippen LogP contribution in [0.15, 0.2) is 17.2 Å². The molecule has 0 saturated carbocycles. The summed E-state index contributed by atoms with van der Waals surface area (Å²) in [7, 11) is 5.01. The molecule has 0 aromatic heterocycles. The van der Waals surface area contributed by atoms with Gasteiger partial charge in [-0.15, -0.1) is 0 Å². The van der Waals surface area contributed by atoms with E-state index >= 15 is 0 Å². The van der Waals surface area contributed by atoms with E-state index in [4.69, 9.17) is 9.47 Å². The van der Waals surface area contributed by atoms with Crippen molar-refractivity contribution in [1.29, 1.82) is 0 Å². The summed E-state index contributed by atoms with van der Waals surface area (Å²) in [6.45, 7) is 2.51. The molecular weight excluding hydrogens is 286 g/mol. The van der Waals surface area contributed by atoms with Crippen molar-refractivity contribution >= 4 is 11.9 Å². The first kappa shape index (κ1) is 17.7. The molecule has 0 aliphatic rings. The van der Waals surface area contributed by atoms with Crippen LogP contribution < -0.4 is 9.47 Å². The minimum absolute atomic E-state index is 0.115. The van der Waals surface area contributed by atoms with Gasteiger partial charge in [0.25, 0.3) is 0 Å². The number of methoxy groups -OCH3 is 1. The molecule has 122 valence electrons. The molecule has 1 aromatic rings. The van der Waals surface area contributed by atoms with Crippen molar-refractivity contribution in [2.45, 2.75) is 26.2 Å². The molecule has 0 fully saturated rings. The van der Waals surface area contributed by atoms with Gasteiger partial charge in [0.15, 0.2) is 5.75 Å². The molecule has 0 saturated heterocycles. The number of ether oxygens (including phenoxy) is 2. The van der Waals surface area contributed by atoms with E-state index in [-0.39, 0.29) is 11.4 Å². The fourth-order valence-electron chi connectivity index (χ4n) is 1.82. The molecule has 0 amide bonds. The van der Waals surface area contributed by atoms with Crippen LogP contribution in [0.25, 0.3) is 0 Å². The monoisotopic (exact) mass is 309 g/mol. The zero-order valence-electron chi connectivity index (χ0n) is 13.5. The van der Waals surface area contributed by atoms with Gasteiger partial charge in [0.2, 0.25) is 5.75 Å². The summed E-state index contributed by atoms with van der Waals surface area (Å²) in [6, 6.07) is 3.11. The van der Waals surface area contributed by atoms with Gasteiger partial charge in [-0.1, -0.05) is 19.8 Å². The highest BCUT2D eigenvalue weighted by Gasteiger charge is 2.22. The molecule has 7 nitrogen and oxygen atoms in total. The molecule has 1 aromatic carbocycles. The Morgan fingerprint density at radius 2 is 2.09 bits per heavy atom. The van der Waals surface area contributed by atoms with Crippen molar-refractivity contribution in [3.8, 4) is 11.5 Å². The minimum Gasteiger partial charge on any atom is -0.493 e. The van der Waals surface area contributed by atoms with Gasteiger partial charge in [-0.25, -0.2) is 0 Å². The number of hydrazone groups is 1. The molecule has 0 bridgehead atoms. The second-order valence-corrected chi connectivity index (χ2v) is 4.98. The van der Waals surface area contributed by atoms with Gasteiger partial charge >= 0.3 is 5.69 Å². The maximum Gasteiger partial charge on any atom is 0.315 e. The number of rotatable bonds is 9. The van der Waals surface area contributed by atoms with Crippen molar-refractivity contribution in [1.82, 2.24) is 5.01 Å². The predicted octanol–water partition coefficient (Wildman–Crippen LogP) is 3.07. The highest BCUT2D eigenvalue weighted by Crippen LogP contribution is 2.38. The van der Waals surface area contributed by atoms with Gasteiger partial charge in [0.05, 0.1) is 24.9 Å². The standard InChI is InChI=1S/C15H23N3O4/c1-5-6-7-8-22-15-13(18(19)20)9-12(10-14(15)21-4)11-16-17(2)3/h9-11H,5-8H2,1-4H3/b16-11+. The molecule has 22 heavy (non-hydrogen) atoms. The average molecular weight is 309 g/mol. The highest BCUT2D eigenvalue weighted by molar-refractivity contribution is 5.83. The van der Waals surface area contributed by atoms with Gasteiger partial charge in [0, 0.05) is 25.7 Å². The molecule has 0 spiro atoms. The fraction of sp³-hybridized carbons (Fsp3) is 0.533. The average Bonchev–Trinajstić information content (AvgIpc) is 2.49. The maximum absolute atomic E-state index is 11.3. The fourth-order valence-corrected chi connectivity index (χ4v) is 1.82. The Labute approximate surface area is 130 Å². The molecule has 1 rings (SSSR count). The van der Waals surface area contributed by atoms with Crippen LogP contribution in [-0.2, 0) is 0 Å². The van der Waals surface area contributed by atoms with E-state index in [0.717, 1.165) is 19.3 Å². The number of unbranched alkanes of at least 4 members (excludes halogenated alkanes) is 2. The van der Waals surface area contributed by atoms with E-state index in [2.05, 4.69) is 12.0 Å². The van der Waals surface area contributed by atoms with Crippen LogP contribution in [-0.4, -0.2) is 44.0 Å². The van der Waals surface area contributed by atoms with Gasteiger partial charge in [-0.3, -0.25) is 10.1 Å². The zero-order chi connectivity index (χ0) is 16.5. The Hall–Kier alpha value is -2.31. The second-order valence-electron chi connectivity index (χ2n) is 4.98. The summed E-state index contributed by atoms with van der Waals surface area (Å²) in [5, 5.41) is 17.0. The summed E-state index contributed by atoms with van der Waals surface area (Å²) < 4.78 is 10.8. The Bertz CT molecular complexity index is 530. The van der Waals surface area contributed by atoms with Crippen LogP contribution in [0, 0.1) is 10.1 Å². The Morgan fingerprint density at radius 1 is 1.36 bits per heavy atom. The smallest absolute Gasteiger partial charge is 0.315 e. The number of nitro benzene ring substituents is 1. The lowest BCUT2D eigenvalue weighted by atomic mass is 10.2. The van der Waals surface area contributed by atoms with Gasteiger partial charge in [-0.2, -0.15) is 5.10 Å². The SMILES string of the molecule is CCCCCOc1c(OC)cc(/C=N/N(C)C)cc1[N+](=O)[O-]. The number of nitrogens with zero attached hydrogens (tertiary/aromatic N) is 3. The van der Waals surface area contributed by atoms with E-state index in [0.29, 0.717) is 17.9 Å². The molecule has 7 heteroatoms. The third kappa shape index (κ3) is 5.23. The largest absolute Gasteiger partial charge is 0.493 e. The topological polar surface area (TPSA) is 77.2 Å². The Morgan fingerprint density at radius 3 is 2.64 bits per heavy atom. The quantitative estimate of drug-likeness (QED) is 0.303. The van der Waals surface area contributed by atoms with E-state index in [1.807, 2.05) is 0 Å². The van der Waals surface area contributed by atoms with Crippen molar-refractivity contribution < 1.29 is 14.4 Å². The first-order valence-electron chi connectivity index (χ1n) is 7.20. The second kappa shape index (κ2) is 8.86. The summed E-state index contributed by atoms with van der Waals surface area (Å²) in [4.78, 5) is 10.8. The first-order chi connectivity index (χ1) is 10.5. The molecule has 0 aliphatic heterocycles. The summed E-state index contributed by atoms with van der Waals surface area (Å²) in [5.74, 6) is 0.511. The van der Waals surface area contributed by atoms with Crippen LogP contribution in [0.4, 0.5) is 5.69 Å². The van der Waals surface area contributed by atoms with E-state index in [1.54, 1.807) is 25.2 Å². The van der Waals surface area contributed by atoms with Gasteiger partial charge in [-0.05, 0) is 12.5 Å². The van der Waals surface area contributed by atoms with Crippen LogP contribution in [0.1, 0.15) is 31.7 Å². The van der Waals surface area contributed by atoms with Crippen LogP contribution in [0.3, 0.4) is 0 Å². The molecule has 0 atom stereocenters. The number of benzene rings is 1. The molecule has 0 N–H and O–H groups in total. The van der Waals surface area contributed by atoms with Crippen LogP contribution in [0.2, 0.25) is 0 Å². The first-order valence-corrected chi connectivity index (χ1v) is 7.20. The molecule has 0 aliphatic carbocycles. The predicted molar refractivity (Wildman–Crippen MR) is 85.9 cm³/mol. The lowest BCUT2D eigenvalue weighted by Gasteiger charge is -2.12. The third-order valence-corrected chi connectivity index (χ3v) is 2.91. The number of hydrogen-bond acceptors (Lipinski definition) is 6. The summed E-state index contributed by atoms with van der Waals surface area (Å²) in [5.41, 5.74) is 0.467. The minimum atomic E-state index is -0.468. The normalized spacial score (nSPS) is 10.7. The van der Waals surface area contributed by atoms with Crippen molar-refractivity contribution in [3.63, 3.8) is 0 Å². The lowest BCUT2D eigenvalue weighted by molar-refractivity contribution is -0.386. The van der Waals surface area contributed by atoms with Crippen LogP contribution in [0.5, 0.6) is 11.5 Å². The van der Waals surface area contributed by atoms with Crippen molar-refractivity contribution in [3.05, 3.63) is 27.8 Å². The van der Waals surface area contributed by atoms with E-state index in [9.17, 15) is 10.1 Å². The molecule has 0 unspecified atom stereocenters. The summed E-state index contributed by atoms with van der Waals surface area (Å²) >= 11 is 0.